The Bertz CT molecular complexity index is 725. The average molecular weight is 375 g/mol. The third kappa shape index (κ3) is 3.91. The molecule has 1 aliphatic heterocycles. The first-order chi connectivity index (χ1) is 12.2. The van der Waals surface area contributed by atoms with E-state index in [2.05, 4.69) is 33.4 Å². The molecule has 132 valence electrons. The van der Waals surface area contributed by atoms with Gasteiger partial charge in [0.25, 0.3) is 0 Å². The first-order valence-electron chi connectivity index (χ1n) is 9.00. The minimum absolute atomic E-state index is 0.137. The number of hydrogen-bond donors (Lipinski definition) is 0. The summed E-state index contributed by atoms with van der Waals surface area (Å²) in [5.41, 5.74) is 1.14. The molecule has 0 bridgehead atoms. The molecular weight excluding hydrogens is 352 g/mol. The summed E-state index contributed by atoms with van der Waals surface area (Å²) in [5, 5.41) is 2.93. The lowest BCUT2D eigenvalue weighted by atomic mass is 10.1. The van der Waals surface area contributed by atoms with Crippen LogP contribution in [0.25, 0.3) is 0 Å². The summed E-state index contributed by atoms with van der Waals surface area (Å²) in [6.45, 7) is 4.78. The smallest absolute Gasteiger partial charge is 0.226 e. The molecule has 2 atom stereocenters. The number of halogens is 1. The SMILES string of the molecule is O=C(C1CC1c1ccccc1Cl)N1CCN(CCc2cccs2)CC1. The van der Waals surface area contributed by atoms with E-state index >= 15 is 0 Å². The Labute approximate surface area is 158 Å². The molecule has 2 aromatic rings. The molecule has 2 unspecified atom stereocenters. The number of amides is 1. The van der Waals surface area contributed by atoms with Crippen LogP contribution in [-0.2, 0) is 11.2 Å². The van der Waals surface area contributed by atoms with Crippen molar-refractivity contribution in [3.63, 3.8) is 0 Å². The van der Waals surface area contributed by atoms with Gasteiger partial charge in [-0.2, -0.15) is 0 Å². The van der Waals surface area contributed by atoms with E-state index in [4.69, 9.17) is 11.6 Å². The highest BCUT2D eigenvalue weighted by atomic mass is 35.5. The summed E-state index contributed by atoms with van der Waals surface area (Å²) in [6, 6.07) is 12.2. The largest absolute Gasteiger partial charge is 0.340 e. The quantitative estimate of drug-likeness (QED) is 0.792. The zero-order chi connectivity index (χ0) is 17.2. The second-order valence-corrected chi connectivity index (χ2v) is 8.41. The standard InChI is InChI=1S/C20H23ClN2OS/c21-19-6-2-1-5-16(19)17-14-18(17)20(24)23-11-9-22(10-12-23)8-7-15-4-3-13-25-15/h1-6,13,17-18H,7-12,14H2. The van der Waals surface area contributed by atoms with Crippen LogP contribution in [0.15, 0.2) is 41.8 Å². The maximum atomic E-state index is 12.8. The van der Waals surface area contributed by atoms with Crippen LogP contribution >= 0.6 is 22.9 Å². The van der Waals surface area contributed by atoms with Crippen molar-refractivity contribution in [2.75, 3.05) is 32.7 Å². The fourth-order valence-corrected chi connectivity index (χ4v) is 4.71. The normalized spacial score (nSPS) is 23.6. The highest BCUT2D eigenvalue weighted by molar-refractivity contribution is 7.09. The minimum atomic E-state index is 0.137. The number of carbonyl (C=O) groups is 1. The van der Waals surface area contributed by atoms with Crippen LogP contribution in [0.4, 0.5) is 0 Å². The van der Waals surface area contributed by atoms with E-state index in [0.717, 1.165) is 56.2 Å². The summed E-state index contributed by atoms with van der Waals surface area (Å²) in [6.07, 6.45) is 2.06. The van der Waals surface area contributed by atoms with Crippen LogP contribution in [-0.4, -0.2) is 48.4 Å². The van der Waals surface area contributed by atoms with Gasteiger partial charge in [0.1, 0.15) is 0 Å². The van der Waals surface area contributed by atoms with E-state index in [-0.39, 0.29) is 5.92 Å². The van der Waals surface area contributed by atoms with Crippen LogP contribution < -0.4 is 0 Å². The van der Waals surface area contributed by atoms with Gasteiger partial charge in [0.05, 0.1) is 0 Å². The fourth-order valence-electron chi connectivity index (χ4n) is 3.74. The van der Waals surface area contributed by atoms with E-state index in [0.29, 0.717) is 11.8 Å². The molecule has 5 heteroatoms. The predicted molar refractivity (Wildman–Crippen MR) is 103 cm³/mol. The molecule has 2 fully saturated rings. The monoisotopic (exact) mass is 374 g/mol. The Morgan fingerprint density at radius 1 is 1.12 bits per heavy atom. The first-order valence-corrected chi connectivity index (χ1v) is 10.3. The molecule has 3 nitrogen and oxygen atoms in total. The molecule has 0 spiro atoms. The van der Waals surface area contributed by atoms with Gasteiger partial charge >= 0.3 is 0 Å². The van der Waals surface area contributed by atoms with Gasteiger partial charge in [0.2, 0.25) is 5.91 Å². The van der Waals surface area contributed by atoms with Crippen molar-refractivity contribution in [1.82, 2.24) is 9.80 Å². The van der Waals surface area contributed by atoms with Gasteiger partial charge < -0.3 is 4.90 Å². The van der Waals surface area contributed by atoms with Gasteiger partial charge in [-0.3, -0.25) is 9.69 Å². The average Bonchev–Trinajstić information content (AvgIpc) is 3.25. The number of nitrogens with zero attached hydrogens (tertiary/aromatic N) is 2. The highest BCUT2D eigenvalue weighted by Crippen LogP contribution is 2.50. The van der Waals surface area contributed by atoms with Gasteiger partial charge in [-0.15, -0.1) is 11.3 Å². The molecular formula is C20H23ClN2OS. The summed E-state index contributed by atoms with van der Waals surface area (Å²) in [5.74, 6) is 0.776. The lowest BCUT2D eigenvalue weighted by Crippen LogP contribution is -2.49. The topological polar surface area (TPSA) is 23.6 Å². The number of hydrogen-bond acceptors (Lipinski definition) is 3. The predicted octanol–water partition coefficient (Wildman–Crippen LogP) is 3.89. The number of piperazine rings is 1. The Morgan fingerprint density at radius 3 is 2.64 bits per heavy atom. The number of thiophene rings is 1. The van der Waals surface area contributed by atoms with Crippen LogP contribution in [0.1, 0.15) is 22.8 Å². The van der Waals surface area contributed by atoms with E-state index in [1.807, 2.05) is 29.5 Å². The Kier molecular flexibility index (Phi) is 5.11. The van der Waals surface area contributed by atoms with Crippen molar-refractivity contribution in [3.05, 3.63) is 57.2 Å². The van der Waals surface area contributed by atoms with Crippen LogP contribution in [0.3, 0.4) is 0 Å². The molecule has 1 saturated heterocycles. The van der Waals surface area contributed by atoms with Gasteiger partial charge in [0.15, 0.2) is 0 Å². The van der Waals surface area contributed by atoms with E-state index in [9.17, 15) is 4.79 Å². The van der Waals surface area contributed by atoms with Crippen molar-refractivity contribution in [2.45, 2.75) is 18.8 Å². The molecule has 0 radical (unpaired) electrons. The van der Waals surface area contributed by atoms with Gasteiger partial charge in [-0.1, -0.05) is 35.9 Å². The van der Waals surface area contributed by atoms with E-state index in [1.54, 1.807) is 0 Å². The van der Waals surface area contributed by atoms with Crippen LogP contribution in [0, 0.1) is 5.92 Å². The van der Waals surface area contributed by atoms with Gasteiger partial charge in [0, 0.05) is 48.5 Å². The third-order valence-electron chi connectivity index (χ3n) is 5.35. The van der Waals surface area contributed by atoms with Crippen LogP contribution in [0.5, 0.6) is 0 Å². The second-order valence-electron chi connectivity index (χ2n) is 6.97. The maximum Gasteiger partial charge on any atom is 0.226 e. The molecule has 1 amide bonds. The van der Waals surface area contributed by atoms with Crippen molar-refractivity contribution in [1.29, 1.82) is 0 Å². The third-order valence-corrected chi connectivity index (χ3v) is 6.63. The fraction of sp³-hybridized carbons (Fsp3) is 0.450. The summed E-state index contributed by atoms with van der Waals surface area (Å²) in [7, 11) is 0. The zero-order valence-corrected chi connectivity index (χ0v) is 15.8. The van der Waals surface area contributed by atoms with E-state index in [1.165, 1.54) is 4.88 Å². The zero-order valence-electron chi connectivity index (χ0n) is 14.2. The molecule has 1 aromatic heterocycles. The van der Waals surface area contributed by atoms with E-state index < -0.39 is 0 Å². The van der Waals surface area contributed by atoms with Crippen molar-refractivity contribution < 1.29 is 4.79 Å². The summed E-state index contributed by atoms with van der Waals surface area (Å²) in [4.78, 5) is 18.7. The van der Waals surface area contributed by atoms with Crippen molar-refractivity contribution in [2.24, 2.45) is 5.92 Å². The lowest BCUT2D eigenvalue weighted by molar-refractivity contribution is -0.134. The molecule has 2 aliphatic rings. The number of rotatable bonds is 5. The summed E-state index contributed by atoms with van der Waals surface area (Å²) >= 11 is 8.11. The van der Waals surface area contributed by atoms with Gasteiger partial charge in [-0.05, 0) is 41.8 Å². The second kappa shape index (κ2) is 7.48. The molecule has 0 N–H and O–H groups in total. The Morgan fingerprint density at radius 2 is 1.92 bits per heavy atom. The van der Waals surface area contributed by atoms with Gasteiger partial charge in [-0.25, -0.2) is 0 Å². The number of carbonyl (C=O) groups excluding carboxylic acids is 1. The number of benzene rings is 1. The Hall–Kier alpha value is -1.36. The van der Waals surface area contributed by atoms with Crippen LogP contribution in [0.2, 0.25) is 5.02 Å². The maximum absolute atomic E-state index is 12.8. The first kappa shape index (κ1) is 17.1. The minimum Gasteiger partial charge on any atom is -0.340 e. The highest BCUT2D eigenvalue weighted by Gasteiger charge is 2.46. The molecule has 1 saturated carbocycles. The molecule has 25 heavy (non-hydrogen) atoms. The molecule has 1 aromatic carbocycles. The summed E-state index contributed by atoms with van der Waals surface area (Å²) < 4.78 is 0. The molecule has 1 aliphatic carbocycles. The van der Waals surface area contributed by atoms with Crippen molar-refractivity contribution >= 4 is 28.8 Å². The lowest BCUT2D eigenvalue weighted by Gasteiger charge is -2.35. The molecule has 2 heterocycles. The Balaban J connectivity index is 1.26. The van der Waals surface area contributed by atoms with Crippen molar-refractivity contribution in [3.8, 4) is 0 Å². The molecule has 4 rings (SSSR count).